The second kappa shape index (κ2) is 4.99. The molecular weight excluding hydrogens is 196 g/mol. The van der Waals surface area contributed by atoms with E-state index in [0.717, 1.165) is 5.69 Å². The molecule has 0 aliphatic carbocycles. The van der Waals surface area contributed by atoms with Crippen LogP contribution < -0.4 is 0 Å². The van der Waals surface area contributed by atoms with Crippen molar-refractivity contribution in [3.8, 4) is 6.07 Å². The Morgan fingerprint density at radius 1 is 1.64 bits per heavy atom. The lowest BCUT2D eigenvalue weighted by Crippen LogP contribution is -2.03. The van der Waals surface area contributed by atoms with Gasteiger partial charge in [-0.05, 0) is 19.1 Å². The van der Waals surface area contributed by atoms with Crippen molar-refractivity contribution in [2.75, 3.05) is 6.61 Å². The molecule has 0 saturated heterocycles. The Hall–Kier alpha value is -1.05. The van der Waals surface area contributed by atoms with E-state index in [0.29, 0.717) is 10.6 Å². The van der Waals surface area contributed by atoms with E-state index in [1.54, 1.807) is 6.07 Å². The summed E-state index contributed by atoms with van der Waals surface area (Å²) in [6.07, 6.45) is 0. The van der Waals surface area contributed by atoms with Crippen molar-refractivity contribution < 1.29 is 5.11 Å². The molecule has 0 fully saturated rings. The van der Waals surface area contributed by atoms with Crippen molar-refractivity contribution in [1.29, 1.82) is 5.26 Å². The van der Waals surface area contributed by atoms with Crippen LogP contribution in [-0.4, -0.2) is 21.9 Å². The van der Waals surface area contributed by atoms with Crippen LogP contribution in [0.4, 0.5) is 0 Å². The Balaban J connectivity index is 2.94. The smallest absolute Gasteiger partial charge is 0.114 e. The van der Waals surface area contributed by atoms with Gasteiger partial charge in [0.2, 0.25) is 0 Å². The first kappa shape index (κ1) is 11.0. The standard InChI is InChI=1S/C10H12N2OS/c1-7-3-4-9(5-11)10(12-7)14-8(2)6-13/h3-4,8,13H,6H2,1-2H3. The summed E-state index contributed by atoms with van der Waals surface area (Å²) in [5, 5.41) is 18.5. The summed E-state index contributed by atoms with van der Waals surface area (Å²) in [6, 6.07) is 5.66. The summed E-state index contributed by atoms with van der Waals surface area (Å²) in [6.45, 7) is 3.87. The molecule has 1 rings (SSSR count). The van der Waals surface area contributed by atoms with E-state index in [9.17, 15) is 0 Å². The molecule has 0 saturated carbocycles. The van der Waals surface area contributed by atoms with Crippen LogP contribution in [0.3, 0.4) is 0 Å². The number of pyridine rings is 1. The average molecular weight is 208 g/mol. The molecule has 1 unspecified atom stereocenters. The van der Waals surface area contributed by atoms with Crippen molar-refractivity contribution in [2.45, 2.75) is 24.1 Å². The van der Waals surface area contributed by atoms with Gasteiger partial charge in [0.25, 0.3) is 0 Å². The normalized spacial score (nSPS) is 12.1. The molecule has 0 aliphatic heterocycles. The number of nitrogens with zero attached hydrogens (tertiary/aromatic N) is 2. The molecule has 0 aliphatic rings. The van der Waals surface area contributed by atoms with Crippen LogP contribution in [0.15, 0.2) is 17.2 Å². The first-order valence-corrected chi connectivity index (χ1v) is 5.20. The SMILES string of the molecule is Cc1ccc(C#N)c(SC(C)CO)n1. The van der Waals surface area contributed by atoms with Gasteiger partial charge in [-0.25, -0.2) is 4.98 Å². The minimum Gasteiger partial charge on any atom is -0.395 e. The maximum Gasteiger partial charge on any atom is 0.114 e. The minimum atomic E-state index is 0.0661. The number of aliphatic hydroxyl groups is 1. The van der Waals surface area contributed by atoms with Gasteiger partial charge < -0.3 is 5.11 Å². The number of aryl methyl sites for hydroxylation is 1. The Morgan fingerprint density at radius 2 is 2.36 bits per heavy atom. The molecule has 1 N–H and O–H groups in total. The molecule has 14 heavy (non-hydrogen) atoms. The molecule has 4 heteroatoms. The van der Waals surface area contributed by atoms with Crippen LogP contribution in [0, 0.1) is 18.3 Å². The molecule has 1 aromatic heterocycles. The Kier molecular flexibility index (Phi) is 3.93. The summed E-state index contributed by atoms with van der Waals surface area (Å²) in [4.78, 5) is 4.26. The van der Waals surface area contributed by atoms with Crippen molar-refractivity contribution in [3.63, 3.8) is 0 Å². The van der Waals surface area contributed by atoms with Gasteiger partial charge >= 0.3 is 0 Å². The zero-order chi connectivity index (χ0) is 10.6. The third-order valence-electron chi connectivity index (χ3n) is 1.69. The van der Waals surface area contributed by atoms with Crippen molar-refractivity contribution in [3.05, 3.63) is 23.4 Å². The highest BCUT2D eigenvalue weighted by atomic mass is 32.2. The van der Waals surface area contributed by atoms with E-state index in [1.807, 2.05) is 19.9 Å². The number of thioether (sulfide) groups is 1. The lowest BCUT2D eigenvalue weighted by atomic mass is 10.3. The van der Waals surface area contributed by atoms with Gasteiger partial charge in [0, 0.05) is 10.9 Å². The van der Waals surface area contributed by atoms with Gasteiger partial charge in [-0.1, -0.05) is 18.7 Å². The van der Waals surface area contributed by atoms with Gasteiger partial charge in [0.05, 0.1) is 12.2 Å². The van der Waals surface area contributed by atoms with Crippen molar-refractivity contribution in [1.82, 2.24) is 4.98 Å². The van der Waals surface area contributed by atoms with Crippen LogP contribution in [-0.2, 0) is 0 Å². The van der Waals surface area contributed by atoms with Gasteiger partial charge in [-0.3, -0.25) is 0 Å². The first-order valence-electron chi connectivity index (χ1n) is 4.32. The highest BCUT2D eigenvalue weighted by Gasteiger charge is 2.09. The van der Waals surface area contributed by atoms with Crippen LogP contribution in [0.2, 0.25) is 0 Å². The van der Waals surface area contributed by atoms with Gasteiger partial charge in [-0.15, -0.1) is 0 Å². The summed E-state index contributed by atoms with van der Waals surface area (Å²) in [5.41, 5.74) is 1.46. The third kappa shape index (κ3) is 2.72. The number of nitriles is 1. The Morgan fingerprint density at radius 3 is 2.93 bits per heavy atom. The van der Waals surface area contributed by atoms with Crippen LogP contribution in [0.25, 0.3) is 0 Å². The van der Waals surface area contributed by atoms with E-state index in [2.05, 4.69) is 11.1 Å². The van der Waals surface area contributed by atoms with E-state index in [4.69, 9.17) is 10.4 Å². The largest absolute Gasteiger partial charge is 0.395 e. The fraction of sp³-hybridized carbons (Fsp3) is 0.400. The fourth-order valence-electron chi connectivity index (χ4n) is 0.936. The second-order valence-corrected chi connectivity index (χ2v) is 4.46. The predicted molar refractivity (Wildman–Crippen MR) is 56.1 cm³/mol. The first-order chi connectivity index (χ1) is 6.67. The van der Waals surface area contributed by atoms with E-state index in [-0.39, 0.29) is 11.9 Å². The summed E-state index contributed by atoms with van der Waals surface area (Å²) >= 11 is 1.43. The van der Waals surface area contributed by atoms with Gasteiger partial charge in [0.15, 0.2) is 0 Å². The molecule has 1 heterocycles. The van der Waals surface area contributed by atoms with Crippen LogP contribution >= 0.6 is 11.8 Å². The van der Waals surface area contributed by atoms with Crippen LogP contribution in [0.5, 0.6) is 0 Å². The number of rotatable bonds is 3. The summed E-state index contributed by atoms with van der Waals surface area (Å²) < 4.78 is 0. The van der Waals surface area contributed by atoms with Crippen molar-refractivity contribution in [2.24, 2.45) is 0 Å². The molecular formula is C10H12N2OS. The molecule has 0 amide bonds. The predicted octanol–water partition coefficient (Wildman–Crippen LogP) is 1.73. The molecule has 0 bridgehead atoms. The lowest BCUT2D eigenvalue weighted by Gasteiger charge is -2.08. The molecule has 1 aromatic rings. The Bertz CT molecular complexity index is 360. The quantitative estimate of drug-likeness (QED) is 0.769. The second-order valence-electron chi connectivity index (χ2n) is 3.03. The molecule has 0 radical (unpaired) electrons. The monoisotopic (exact) mass is 208 g/mol. The Labute approximate surface area is 87.8 Å². The summed E-state index contributed by atoms with van der Waals surface area (Å²) in [7, 11) is 0. The minimum absolute atomic E-state index is 0.0661. The molecule has 0 aromatic carbocycles. The molecule has 1 atom stereocenters. The maximum atomic E-state index is 8.90. The summed E-state index contributed by atoms with van der Waals surface area (Å²) in [5.74, 6) is 0. The van der Waals surface area contributed by atoms with E-state index >= 15 is 0 Å². The molecule has 3 nitrogen and oxygen atoms in total. The zero-order valence-corrected chi connectivity index (χ0v) is 9.01. The van der Waals surface area contributed by atoms with Gasteiger partial charge in [0.1, 0.15) is 11.1 Å². The number of aromatic nitrogens is 1. The highest BCUT2D eigenvalue weighted by molar-refractivity contribution is 7.99. The number of aliphatic hydroxyl groups excluding tert-OH is 1. The number of hydrogen-bond donors (Lipinski definition) is 1. The van der Waals surface area contributed by atoms with Gasteiger partial charge in [-0.2, -0.15) is 5.26 Å². The number of hydrogen-bond acceptors (Lipinski definition) is 4. The topological polar surface area (TPSA) is 56.9 Å². The third-order valence-corrected chi connectivity index (χ3v) is 2.78. The van der Waals surface area contributed by atoms with E-state index < -0.39 is 0 Å². The lowest BCUT2D eigenvalue weighted by molar-refractivity contribution is 0.300. The van der Waals surface area contributed by atoms with E-state index in [1.165, 1.54) is 11.8 Å². The van der Waals surface area contributed by atoms with Crippen LogP contribution in [0.1, 0.15) is 18.2 Å². The molecule has 0 spiro atoms. The molecule has 74 valence electrons. The maximum absolute atomic E-state index is 8.90. The highest BCUT2D eigenvalue weighted by Crippen LogP contribution is 2.24. The average Bonchev–Trinajstić information content (AvgIpc) is 2.18. The fourth-order valence-corrected chi connectivity index (χ4v) is 1.83. The van der Waals surface area contributed by atoms with Crippen molar-refractivity contribution >= 4 is 11.8 Å². The zero-order valence-electron chi connectivity index (χ0n) is 8.19.